The number of alkyl carbamates (subject to hydrolysis) is 1. The molecule has 1 aromatic heterocycles. The fourth-order valence-electron chi connectivity index (χ4n) is 3.23. The Bertz CT molecular complexity index is 1070. The summed E-state index contributed by atoms with van der Waals surface area (Å²) in [4.78, 5) is 23.6. The Labute approximate surface area is 226 Å². The van der Waals surface area contributed by atoms with Crippen LogP contribution in [0, 0.1) is 0 Å². The summed E-state index contributed by atoms with van der Waals surface area (Å²) < 4.78 is 18.7. The largest absolute Gasteiger partial charge is 0.490 e. The van der Waals surface area contributed by atoms with E-state index in [0.717, 1.165) is 5.56 Å². The average Bonchev–Trinajstić information content (AvgIpc) is 3.21. The fraction of sp³-hybridized carbons (Fsp3) is 0.593. The molecule has 1 amide bonds. The third kappa shape index (κ3) is 9.45. The number of rotatable bonds is 12. The van der Waals surface area contributed by atoms with Crippen LogP contribution in [0.1, 0.15) is 53.7 Å². The maximum absolute atomic E-state index is 11.8. The van der Waals surface area contributed by atoms with Crippen molar-refractivity contribution < 1.29 is 33.7 Å². The topological polar surface area (TPSA) is 132 Å². The highest BCUT2D eigenvalue weighted by atomic mass is 28.4. The SMILES string of the molecule is CC(C)(C)OC(=O)NCCCn1nc(-c2ccc(OCC(O[Si](C)(C)C(C)(C)C)C(=O)O)cc2)cc1CO. The van der Waals surface area contributed by atoms with E-state index in [2.05, 4.69) is 31.2 Å². The lowest BCUT2D eigenvalue weighted by Crippen LogP contribution is -2.47. The van der Waals surface area contributed by atoms with Gasteiger partial charge in [0.1, 0.15) is 18.0 Å². The molecular formula is C27H43N3O7Si. The zero-order chi connectivity index (χ0) is 28.7. The Morgan fingerprint density at radius 2 is 1.74 bits per heavy atom. The van der Waals surface area contributed by atoms with Gasteiger partial charge in [-0.15, -0.1) is 0 Å². The molecule has 0 aliphatic rings. The number of carbonyl (C=O) groups is 2. The monoisotopic (exact) mass is 549 g/mol. The lowest BCUT2D eigenvalue weighted by molar-refractivity contribution is -0.147. The summed E-state index contributed by atoms with van der Waals surface area (Å²) in [5.74, 6) is -0.524. The van der Waals surface area contributed by atoms with Gasteiger partial charge in [0.25, 0.3) is 0 Å². The number of aromatic nitrogens is 2. The van der Waals surface area contributed by atoms with E-state index in [0.29, 0.717) is 36.6 Å². The van der Waals surface area contributed by atoms with Crippen molar-refractivity contribution in [3.8, 4) is 17.0 Å². The summed E-state index contributed by atoms with van der Waals surface area (Å²) in [6, 6.07) is 8.98. The number of nitrogens with zero attached hydrogens (tertiary/aromatic N) is 2. The van der Waals surface area contributed by atoms with Crippen LogP contribution < -0.4 is 10.1 Å². The first-order valence-electron chi connectivity index (χ1n) is 12.8. The zero-order valence-electron chi connectivity index (χ0n) is 23.8. The molecule has 0 radical (unpaired) electrons. The summed E-state index contributed by atoms with van der Waals surface area (Å²) in [5.41, 5.74) is 1.61. The zero-order valence-corrected chi connectivity index (χ0v) is 24.8. The van der Waals surface area contributed by atoms with Crippen LogP contribution in [0.3, 0.4) is 0 Å². The van der Waals surface area contributed by atoms with Gasteiger partial charge < -0.3 is 29.4 Å². The number of aliphatic hydroxyl groups is 1. The average molecular weight is 550 g/mol. The van der Waals surface area contributed by atoms with Gasteiger partial charge in [-0.1, -0.05) is 20.8 Å². The molecule has 3 N–H and O–H groups in total. The van der Waals surface area contributed by atoms with Gasteiger partial charge in [0.05, 0.1) is 18.0 Å². The molecule has 0 bridgehead atoms. The Morgan fingerprint density at radius 3 is 2.26 bits per heavy atom. The molecular weight excluding hydrogens is 506 g/mol. The Hall–Kier alpha value is -2.89. The first-order valence-corrected chi connectivity index (χ1v) is 15.7. The van der Waals surface area contributed by atoms with Crippen LogP contribution in [0.2, 0.25) is 18.1 Å². The number of carbonyl (C=O) groups excluding carboxylic acids is 1. The second kappa shape index (κ2) is 12.8. The van der Waals surface area contributed by atoms with Crippen LogP contribution in [-0.2, 0) is 27.1 Å². The van der Waals surface area contributed by atoms with E-state index >= 15 is 0 Å². The van der Waals surface area contributed by atoms with E-state index in [1.807, 2.05) is 31.3 Å². The predicted molar refractivity (Wildman–Crippen MR) is 148 cm³/mol. The molecule has 0 saturated carbocycles. The summed E-state index contributed by atoms with van der Waals surface area (Å²) >= 11 is 0. The number of aliphatic hydroxyl groups excluding tert-OH is 1. The minimum absolute atomic E-state index is 0.0954. The summed E-state index contributed by atoms with van der Waals surface area (Å²) in [5, 5.41) is 26.6. The number of nitrogens with one attached hydrogen (secondary N) is 1. The van der Waals surface area contributed by atoms with Crippen molar-refractivity contribution in [2.75, 3.05) is 13.2 Å². The standard InChI is InChI=1S/C27H43N3O7Si/c1-26(2,3)36-25(34)28-14-9-15-30-20(17-31)16-22(29-30)19-10-12-21(13-11-19)35-18-23(24(32)33)37-38(7,8)27(4,5)6/h10-13,16,23,31H,9,14-15,17-18H2,1-8H3,(H,28,34)(H,32,33). The minimum atomic E-state index is -2.28. The highest BCUT2D eigenvalue weighted by Crippen LogP contribution is 2.37. The van der Waals surface area contributed by atoms with Crippen LogP contribution in [0.5, 0.6) is 5.75 Å². The number of hydrogen-bond acceptors (Lipinski definition) is 7. The van der Waals surface area contributed by atoms with E-state index in [-0.39, 0.29) is 18.3 Å². The van der Waals surface area contributed by atoms with Gasteiger partial charge in [0, 0.05) is 18.7 Å². The summed E-state index contributed by atoms with van der Waals surface area (Å²) in [7, 11) is -2.28. The van der Waals surface area contributed by atoms with Crippen LogP contribution in [0.15, 0.2) is 30.3 Å². The maximum atomic E-state index is 11.8. The Morgan fingerprint density at radius 1 is 1.11 bits per heavy atom. The molecule has 0 saturated heterocycles. The van der Waals surface area contributed by atoms with Gasteiger partial charge in [-0.25, -0.2) is 9.59 Å². The van der Waals surface area contributed by atoms with E-state index in [1.54, 1.807) is 37.6 Å². The first-order chi connectivity index (χ1) is 17.5. The highest BCUT2D eigenvalue weighted by molar-refractivity contribution is 6.74. The third-order valence-corrected chi connectivity index (χ3v) is 10.8. The molecule has 0 fully saturated rings. The Kier molecular flexibility index (Phi) is 10.5. The number of aliphatic carboxylic acids is 1. The van der Waals surface area contributed by atoms with E-state index in [9.17, 15) is 19.8 Å². The van der Waals surface area contributed by atoms with Crippen LogP contribution >= 0.6 is 0 Å². The lowest BCUT2D eigenvalue weighted by atomic mass is 10.1. The predicted octanol–water partition coefficient (Wildman–Crippen LogP) is 4.81. The molecule has 10 nitrogen and oxygen atoms in total. The van der Waals surface area contributed by atoms with Crippen molar-refractivity contribution >= 4 is 20.4 Å². The first kappa shape index (κ1) is 31.3. The second-order valence-electron chi connectivity index (χ2n) is 11.7. The number of ether oxygens (including phenoxy) is 2. The van der Waals surface area contributed by atoms with Crippen molar-refractivity contribution in [1.29, 1.82) is 0 Å². The number of amides is 1. The minimum Gasteiger partial charge on any atom is -0.490 e. The number of benzene rings is 1. The smallest absolute Gasteiger partial charge is 0.407 e. The van der Waals surface area contributed by atoms with E-state index in [4.69, 9.17) is 13.9 Å². The van der Waals surface area contributed by atoms with E-state index in [1.165, 1.54) is 0 Å². The fourth-order valence-corrected chi connectivity index (χ4v) is 4.47. The van der Waals surface area contributed by atoms with Crippen LogP contribution in [-0.4, -0.2) is 65.2 Å². The molecule has 212 valence electrons. The van der Waals surface area contributed by atoms with Crippen molar-refractivity contribution in [2.24, 2.45) is 0 Å². The van der Waals surface area contributed by atoms with E-state index < -0.39 is 32.1 Å². The summed E-state index contributed by atoms with van der Waals surface area (Å²) in [6.45, 7) is 16.3. The summed E-state index contributed by atoms with van der Waals surface area (Å²) in [6.07, 6.45) is -0.908. The number of aryl methyl sites for hydroxylation is 1. The lowest BCUT2D eigenvalue weighted by Gasteiger charge is -2.38. The molecule has 1 aromatic carbocycles. The second-order valence-corrected chi connectivity index (χ2v) is 16.5. The molecule has 1 heterocycles. The van der Waals surface area contributed by atoms with Crippen LogP contribution in [0.4, 0.5) is 4.79 Å². The molecule has 38 heavy (non-hydrogen) atoms. The normalized spacial score (nSPS) is 13.2. The van der Waals surface area contributed by atoms with Gasteiger partial charge in [0.15, 0.2) is 14.4 Å². The van der Waals surface area contributed by atoms with Gasteiger partial charge in [-0.05, 0) is 75.7 Å². The van der Waals surface area contributed by atoms with Gasteiger partial charge >= 0.3 is 12.1 Å². The third-order valence-electron chi connectivity index (χ3n) is 6.31. The molecule has 0 aliphatic heterocycles. The van der Waals surface area contributed by atoms with Crippen molar-refractivity contribution in [3.05, 3.63) is 36.0 Å². The molecule has 2 rings (SSSR count). The molecule has 1 atom stereocenters. The van der Waals surface area contributed by atoms with Gasteiger partial charge in [-0.3, -0.25) is 4.68 Å². The maximum Gasteiger partial charge on any atom is 0.407 e. The Balaban J connectivity index is 1.97. The van der Waals surface area contributed by atoms with Gasteiger partial charge in [0.2, 0.25) is 0 Å². The number of hydrogen-bond donors (Lipinski definition) is 3. The molecule has 2 aromatic rings. The number of carboxylic acids is 1. The van der Waals surface area contributed by atoms with Crippen molar-refractivity contribution in [3.63, 3.8) is 0 Å². The van der Waals surface area contributed by atoms with Crippen molar-refractivity contribution in [2.45, 2.75) is 91.0 Å². The highest BCUT2D eigenvalue weighted by Gasteiger charge is 2.41. The molecule has 0 aliphatic carbocycles. The molecule has 0 spiro atoms. The van der Waals surface area contributed by atoms with Crippen molar-refractivity contribution in [1.82, 2.24) is 15.1 Å². The quantitative estimate of drug-likeness (QED) is 0.254. The van der Waals surface area contributed by atoms with Crippen LogP contribution in [0.25, 0.3) is 11.3 Å². The molecule has 11 heteroatoms. The van der Waals surface area contributed by atoms with Gasteiger partial charge in [-0.2, -0.15) is 5.10 Å². The number of carboxylic acid groups (broad SMARTS) is 1. The molecule has 1 unspecified atom stereocenters.